The molecule has 0 fully saturated rings. The zero-order valence-electron chi connectivity index (χ0n) is 10.2. The van der Waals surface area contributed by atoms with Crippen molar-refractivity contribution in [2.45, 2.75) is 6.36 Å². The summed E-state index contributed by atoms with van der Waals surface area (Å²) in [5, 5.41) is 1.02. The number of H-pyrrole nitrogens is 1. The van der Waals surface area contributed by atoms with Crippen LogP contribution in [0.25, 0.3) is 22.0 Å². The lowest BCUT2D eigenvalue weighted by Crippen LogP contribution is -2.16. The standard InChI is InChI=1S/C15H10F3NO/c16-15(17,18)20-11-6-4-10(5-7-11)12-2-1-3-14-13(12)8-9-19-14/h1-9,19H. The second-order valence-corrected chi connectivity index (χ2v) is 4.32. The molecule has 0 bridgehead atoms. The smallest absolute Gasteiger partial charge is 0.406 e. The van der Waals surface area contributed by atoms with Crippen molar-refractivity contribution >= 4 is 10.9 Å². The molecule has 0 amide bonds. The van der Waals surface area contributed by atoms with Gasteiger partial charge in [-0.3, -0.25) is 0 Å². The lowest BCUT2D eigenvalue weighted by Gasteiger charge is -2.09. The Kier molecular flexibility index (Phi) is 2.89. The summed E-state index contributed by atoms with van der Waals surface area (Å²) < 4.78 is 40.2. The van der Waals surface area contributed by atoms with Crippen molar-refractivity contribution in [3.63, 3.8) is 0 Å². The number of rotatable bonds is 2. The van der Waals surface area contributed by atoms with Gasteiger partial charge in [-0.05, 0) is 35.4 Å². The van der Waals surface area contributed by atoms with Crippen molar-refractivity contribution in [2.24, 2.45) is 0 Å². The van der Waals surface area contributed by atoms with Crippen molar-refractivity contribution in [3.05, 3.63) is 54.7 Å². The molecule has 1 N–H and O–H groups in total. The van der Waals surface area contributed by atoms with E-state index in [2.05, 4.69) is 9.72 Å². The Labute approximate surface area is 112 Å². The third-order valence-electron chi connectivity index (χ3n) is 2.99. The highest BCUT2D eigenvalue weighted by molar-refractivity contribution is 5.95. The molecule has 0 spiro atoms. The molecule has 2 aromatic carbocycles. The van der Waals surface area contributed by atoms with Crippen molar-refractivity contribution in [3.8, 4) is 16.9 Å². The molecule has 5 heteroatoms. The Morgan fingerprint density at radius 3 is 2.35 bits per heavy atom. The van der Waals surface area contributed by atoms with Crippen molar-refractivity contribution in [1.29, 1.82) is 0 Å². The van der Waals surface area contributed by atoms with E-state index in [-0.39, 0.29) is 5.75 Å². The molecular weight excluding hydrogens is 267 g/mol. The molecule has 1 aromatic heterocycles. The predicted octanol–water partition coefficient (Wildman–Crippen LogP) is 4.73. The second kappa shape index (κ2) is 4.59. The van der Waals surface area contributed by atoms with Gasteiger partial charge in [-0.2, -0.15) is 0 Å². The number of alkyl halides is 3. The van der Waals surface area contributed by atoms with Gasteiger partial charge >= 0.3 is 6.36 Å². The molecule has 3 aromatic rings. The van der Waals surface area contributed by atoms with Crippen molar-refractivity contribution in [1.82, 2.24) is 4.98 Å². The van der Waals surface area contributed by atoms with Crippen LogP contribution in [0.3, 0.4) is 0 Å². The van der Waals surface area contributed by atoms with E-state index in [1.807, 2.05) is 30.5 Å². The Bertz CT molecular complexity index is 729. The number of fused-ring (bicyclic) bond motifs is 1. The van der Waals surface area contributed by atoms with E-state index >= 15 is 0 Å². The number of halogens is 3. The van der Waals surface area contributed by atoms with Gasteiger partial charge in [-0.1, -0.05) is 24.3 Å². The summed E-state index contributed by atoms with van der Waals surface area (Å²) in [6, 6.07) is 13.6. The van der Waals surface area contributed by atoms with Crippen molar-refractivity contribution in [2.75, 3.05) is 0 Å². The zero-order valence-corrected chi connectivity index (χ0v) is 10.2. The van der Waals surface area contributed by atoms with E-state index in [1.54, 1.807) is 12.1 Å². The Balaban J connectivity index is 1.97. The quantitative estimate of drug-likeness (QED) is 0.719. The normalized spacial score (nSPS) is 11.8. The fourth-order valence-electron chi connectivity index (χ4n) is 2.17. The number of hydrogen-bond donors (Lipinski definition) is 1. The van der Waals surface area contributed by atoms with Crippen LogP contribution in [0.1, 0.15) is 0 Å². The minimum absolute atomic E-state index is 0.220. The maximum Gasteiger partial charge on any atom is 0.573 e. The number of nitrogens with one attached hydrogen (secondary N) is 1. The number of ether oxygens (including phenoxy) is 1. The summed E-state index contributed by atoms with van der Waals surface area (Å²) in [6.45, 7) is 0. The first-order chi connectivity index (χ1) is 9.53. The van der Waals surface area contributed by atoms with Gasteiger partial charge < -0.3 is 9.72 Å². The summed E-state index contributed by atoms with van der Waals surface area (Å²) >= 11 is 0. The van der Waals surface area contributed by atoms with Crippen LogP contribution in [-0.2, 0) is 0 Å². The molecule has 1 heterocycles. The molecule has 3 rings (SSSR count). The predicted molar refractivity (Wildman–Crippen MR) is 70.4 cm³/mol. The highest BCUT2D eigenvalue weighted by atomic mass is 19.4. The van der Waals surface area contributed by atoms with Crippen LogP contribution >= 0.6 is 0 Å². The molecule has 0 saturated heterocycles. The van der Waals surface area contributed by atoms with Gasteiger partial charge in [0, 0.05) is 17.1 Å². The first kappa shape index (κ1) is 12.6. The van der Waals surface area contributed by atoms with E-state index in [0.717, 1.165) is 22.0 Å². The van der Waals surface area contributed by atoms with Gasteiger partial charge in [0.05, 0.1) is 0 Å². The molecule has 2 nitrogen and oxygen atoms in total. The fourth-order valence-corrected chi connectivity index (χ4v) is 2.17. The Hall–Kier alpha value is -2.43. The average Bonchev–Trinajstić information content (AvgIpc) is 2.86. The lowest BCUT2D eigenvalue weighted by molar-refractivity contribution is -0.274. The minimum atomic E-state index is -4.66. The molecule has 20 heavy (non-hydrogen) atoms. The van der Waals surface area contributed by atoms with Gasteiger partial charge in [-0.25, -0.2) is 0 Å². The maximum absolute atomic E-state index is 12.1. The summed E-state index contributed by atoms with van der Waals surface area (Å²) in [6.07, 6.45) is -2.84. The fraction of sp³-hybridized carbons (Fsp3) is 0.0667. The highest BCUT2D eigenvalue weighted by Gasteiger charge is 2.30. The number of hydrogen-bond acceptors (Lipinski definition) is 1. The van der Waals surface area contributed by atoms with Gasteiger partial charge in [0.15, 0.2) is 0 Å². The minimum Gasteiger partial charge on any atom is -0.406 e. The SMILES string of the molecule is FC(F)(F)Oc1ccc(-c2cccc3[nH]ccc23)cc1. The largest absolute Gasteiger partial charge is 0.573 e. The molecule has 0 aliphatic heterocycles. The lowest BCUT2D eigenvalue weighted by atomic mass is 10.0. The van der Waals surface area contributed by atoms with Crippen LogP contribution in [0.4, 0.5) is 13.2 Å². The van der Waals surface area contributed by atoms with E-state index < -0.39 is 6.36 Å². The molecule has 0 unspecified atom stereocenters. The molecule has 0 saturated carbocycles. The van der Waals surface area contributed by atoms with Crippen molar-refractivity contribution < 1.29 is 17.9 Å². The Morgan fingerprint density at radius 2 is 1.65 bits per heavy atom. The monoisotopic (exact) mass is 277 g/mol. The number of benzene rings is 2. The molecule has 0 radical (unpaired) electrons. The molecular formula is C15H10F3NO. The average molecular weight is 277 g/mol. The van der Waals surface area contributed by atoms with Crippen LogP contribution in [0.15, 0.2) is 54.7 Å². The molecule has 0 aliphatic rings. The zero-order chi connectivity index (χ0) is 14.2. The number of aromatic nitrogens is 1. The van der Waals surface area contributed by atoms with Crippen LogP contribution < -0.4 is 4.74 Å². The maximum atomic E-state index is 12.1. The van der Waals surface area contributed by atoms with Crippen LogP contribution in [0.5, 0.6) is 5.75 Å². The molecule has 0 atom stereocenters. The summed E-state index contributed by atoms with van der Waals surface area (Å²) in [5.74, 6) is -0.220. The van der Waals surface area contributed by atoms with Crippen LogP contribution in [0, 0.1) is 0 Å². The third-order valence-corrected chi connectivity index (χ3v) is 2.99. The van der Waals surface area contributed by atoms with E-state index in [9.17, 15) is 13.2 Å². The highest BCUT2D eigenvalue weighted by Crippen LogP contribution is 2.30. The molecule has 0 aliphatic carbocycles. The first-order valence-corrected chi connectivity index (χ1v) is 5.95. The topological polar surface area (TPSA) is 25.0 Å². The molecule has 102 valence electrons. The van der Waals surface area contributed by atoms with E-state index in [4.69, 9.17) is 0 Å². The second-order valence-electron chi connectivity index (χ2n) is 4.32. The van der Waals surface area contributed by atoms with Gasteiger partial charge in [0.25, 0.3) is 0 Å². The summed E-state index contributed by atoms with van der Waals surface area (Å²) in [7, 11) is 0. The summed E-state index contributed by atoms with van der Waals surface area (Å²) in [5.41, 5.74) is 2.78. The third kappa shape index (κ3) is 2.47. The number of aromatic amines is 1. The van der Waals surface area contributed by atoms with Gasteiger partial charge in [-0.15, -0.1) is 13.2 Å². The van der Waals surface area contributed by atoms with Crippen LogP contribution in [-0.4, -0.2) is 11.3 Å². The first-order valence-electron chi connectivity index (χ1n) is 5.95. The Morgan fingerprint density at radius 1 is 0.900 bits per heavy atom. The van der Waals surface area contributed by atoms with Gasteiger partial charge in [0.1, 0.15) is 5.75 Å². The summed E-state index contributed by atoms with van der Waals surface area (Å²) in [4.78, 5) is 3.10. The van der Waals surface area contributed by atoms with Crippen LogP contribution in [0.2, 0.25) is 0 Å². The van der Waals surface area contributed by atoms with Gasteiger partial charge in [0.2, 0.25) is 0 Å². The van der Waals surface area contributed by atoms with E-state index in [0.29, 0.717) is 0 Å². The van der Waals surface area contributed by atoms with E-state index in [1.165, 1.54) is 12.1 Å².